The van der Waals surface area contributed by atoms with E-state index in [4.69, 9.17) is 0 Å². The van der Waals surface area contributed by atoms with Crippen LogP contribution in [0.4, 0.5) is 5.69 Å². The minimum atomic E-state index is -0.404. The van der Waals surface area contributed by atoms with Crippen LogP contribution in [0.5, 0.6) is 0 Å². The molecule has 0 spiro atoms. The molecule has 0 radical (unpaired) electrons. The SMILES string of the molecule is O=C(CN1C(=O)C2CCCCC2C1=O)Nc1cccc(-n2cnnn2)c1. The number of imide groups is 1. The summed E-state index contributed by atoms with van der Waals surface area (Å²) < 4.78 is 1.47. The van der Waals surface area contributed by atoms with Crippen LogP contribution < -0.4 is 5.32 Å². The number of rotatable bonds is 4. The predicted molar refractivity (Wildman–Crippen MR) is 90.0 cm³/mol. The van der Waals surface area contributed by atoms with Crippen molar-refractivity contribution in [1.29, 1.82) is 0 Å². The standard InChI is InChI=1S/C17H18N6O3/c24-15(9-22-16(25)13-6-1-2-7-14(13)17(22)26)19-11-4-3-5-12(8-11)23-10-18-20-21-23/h3-5,8,10,13-14H,1-2,6-7,9H2,(H,19,24). The van der Waals surface area contributed by atoms with Crippen molar-refractivity contribution in [1.82, 2.24) is 25.1 Å². The highest BCUT2D eigenvalue weighted by molar-refractivity contribution is 6.08. The number of nitrogens with zero attached hydrogens (tertiary/aromatic N) is 5. The number of anilines is 1. The lowest BCUT2D eigenvalue weighted by Gasteiger charge is -2.19. The zero-order chi connectivity index (χ0) is 18.1. The fourth-order valence-electron chi connectivity index (χ4n) is 3.74. The van der Waals surface area contributed by atoms with Crippen LogP contribution in [0.25, 0.3) is 5.69 Å². The Morgan fingerprint density at radius 3 is 2.54 bits per heavy atom. The summed E-state index contributed by atoms with van der Waals surface area (Å²) in [5.41, 5.74) is 1.23. The largest absolute Gasteiger partial charge is 0.324 e. The third-order valence-corrected chi connectivity index (χ3v) is 4.98. The van der Waals surface area contributed by atoms with Crippen LogP contribution in [0.15, 0.2) is 30.6 Å². The maximum absolute atomic E-state index is 12.4. The number of hydrogen-bond acceptors (Lipinski definition) is 6. The lowest BCUT2D eigenvalue weighted by Crippen LogP contribution is -2.38. The van der Waals surface area contributed by atoms with E-state index in [9.17, 15) is 14.4 Å². The van der Waals surface area contributed by atoms with Crippen LogP contribution in [0.1, 0.15) is 25.7 Å². The van der Waals surface area contributed by atoms with Crippen LogP contribution in [-0.2, 0) is 14.4 Å². The molecule has 9 heteroatoms. The van der Waals surface area contributed by atoms with Crippen molar-refractivity contribution in [3.63, 3.8) is 0 Å². The van der Waals surface area contributed by atoms with Gasteiger partial charge in [-0.1, -0.05) is 18.9 Å². The van der Waals surface area contributed by atoms with Crippen LogP contribution in [0.3, 0.4) is 0 Å². The Bertz CT molecular complexity index is 826. The molecule has 2 aromatic rings. The van der Waals surface area contributed by atoms with Crippen LogP contribution in [0, 0.1) is 11.8 Å². The first-order valence-electron chi connectivity index (χ1n) is 8.62. The fourth-order valence-corrected chi connectivity index (χ4v) is 3.74. The van der Waals surface area contributed by atoms with Gasteiger partial charge in [-0.05, 0) is 41.5 Å². The second-order valence-electron chi connectivity index (χ2n) is 6.61. The molecule has 134 valence electrons. The molecule has 1 aromatic carbocycles. The molecule has 1 saturated carbocycles. The second-order valence-corrected chi connectivity index (χ2v) is 6.61. The Morgan fingerprint density at radius 2 is 1.88 bits per heavy atom. The third kappa shape index (κ3) is 2.96. The number of hydrogen-bond donors (Lipinski definition) is 1. The summed E-state index contributed by atoms with van der Waals surface area (Å²) in [6.07, 6.45) is 4.85. The number of benzene rings is 1. The van der Waals surface area contributed by atoms with Gasteiger partial charge in [0.15, 0.2) is 0 Å². The monoisotopic (exact) mass is 354 g/mol. The number of carbonyl (C=O) groups excluding carboxylic acids is 3. The molecule has 1 N–H and O–H groups in total. The van der Waals surface area contributed by atoms with Crippen LogP contribution in [-0.4, -0.2) is 49.4 Å². The van der Waals surface area contributed by atoms with Gasteiger partial charge in [-0.25, -0.2) is 4.68 Å². The van der Waals surface area contributed by atoms with Gasteiger partial charge in [0.05, 0.1) is 17.5 Å². The van der Waals surface area contributed by atoms with Crippen LogP contribution >= 0.6 is 0 Å². The molecule has 2 fully saturated rings. The molecule has 2 unspecified atom stereocenters. The van der Waals surface area contributed by atoms with Gasteiger partial charge >= 0.3 is 0 Å². The molecule has 0 bridgehead atoms. The minimum Gasteiger partial charge on any atom is -0.324 e. The second kappa shape index (κ2) is 6.66. The summed E-state index contributed by atoms with van der Waals surface area (Å²) in [4.78, 5) is 38.4. The average molecular weight is 354 g/mol. The maximum atomic E-state index is 12.4. The normalized spacial score (nSPS) is 22.4. The highest BCUT2D eigenvalue weighted by Gasteiger charge is 2.48. The van der Waals surface area contributed by atoms with Gasteiger partial charge in [0.25, 0.3) is 0 Å². The molecule has 1 saturated heterocycles. The van der Waals surface area contributed by atoms with E-state index in [2.05, 4.69) is 20.8 Å². The number of aromatic nitrogens is 4. The van der Waals surface area contributed by atoms with E-state index in [0.717, 1.165) is 30.6 Å². The Hall–Kier alpha value is -3.10. The van der Waals surface area contributed by atoms with Crippen molar-refractivity contribution in [2.45, 2.75) is 25.7 Å². The Balaban J connectivity index is 1.44. The molecule has 4 rings (SSSR count). The molecule has 3 amide bonds. The van der Waals surface area contributed by atoms with Gasteiger partial charge in [0, 0.05) is 5.69 Å². The summed E-state index contributed by atoms with van der Waals surface area (Å²) in [7, 11) is 0. The molecular formula is C17H18N6O3. The van der Waals surface area contributed by atoms with Crippen molar-refractivity contribution in [3.05, 3.63) is 30.6 Å². The highest BCUT2D eigenvalue weighted by Crippen LogP contribution is 2.37. The smallest absolute Gasteiger partial charge is 0.244 e. The molecule has 2 aliphatic rings. The van der Waals surface area contributed by atoms with E-state index in [0.29, 0.717) is 11.4 Å². The van der Waals surface area contributed by atoms with Crippen LogP contribution in [0.2, 0.25) is 0 Å². The topological polar surface area (TPSA) is 110 Å². The average Bonchev–Trinajstić information content (AvgIpc) is 3.26. The number of nitrogens with one attached hydrogen (secondary N) is 1. The van der Waals surface area contributed by atoms with Crippen molar-refractivity contribution in [3.8, 4) is 5.69 Å². The molecular weight excluding hydrogens is 336 g/mol. The molecule has 1 aliphatic carbocycles. The lowest BCUT2D eigenvalue weighted by molar-refractivity contribution is -0.142. The molecule has 9 nitrogen and oxygen atoms in total. The zero-order valence-corrected chi connectivity index (χ0v) is 14.0. The van der Waals surface area contributed by atoms with Crippen molar-refractivity contribution in [2.24, 2.45) is 11.8 Å². The van der Waals surface area contributed by atoms with Crippen molar-refractivity contribution >= 4 is 23.4 Å². The summed E-state index contributed by atoms with van der Waals surface area (Å²) in [6, 6.07) is 6.98. The summed E-state index contributed by atoms with van der Waals surface area (Å²) >= 11 is 0. The number of fused-ring (bicyclic) bond motifs is 1. The minimum absolute atomic E-state index is 0.211. The number of amides is 3. The summed E-state index contributed by atoms with van der Waals surface area (Å²) in [5.74, 6) is -1.31. The number of tetrazole rings is 1. The van der Waals surface area contributed by atoms with E-state index >= 15 is 0 Å². The van der Waals surface area contributed by atoms with E-state index < -0.39 is 5.91 Å². The molecule has 1 aliphatic heterocycles. The summed E-state index contributed by atoms with van der Waals surface area (Å²) in [5, 5.41) is 13.7. The van der Waals surface area contributed by atoms with Gasteiger partial charge in [-0.3, -0.25) is 19.3 Å². The Labute approximate surface area is 149 Å². The first-order valence-corrected chi connectivity index (χ1v) is 8.62. The van der Waals surface area contributed by atoms with Crippen molar-refractivity contribution in [2.75, 3.05) is 11.9 Å². The number of likely N-dealkylation sites (tertiary alicyclic amines) is 1. The molecule has 2 atom stereocenters. The third-order valence-electron chi connectivity index (χ3n) is 4.98. The van der Waals surface area contributed by atoms with Gasteiger partial charge in [0.1, 0.15) is 12.9 Å². The van der Waals surface area contributed by atoms with E-state index in [-0.39, 0.29) is 30.2 Å². The molecule has 2 heterocycles. The van der Waals surface area contributed by atoms with Gasteiger partial charge in [-0.15, -0.1) is 5.10 Å². The molecule has 26 heavy (non-hydrogen) atoms. The number of carbonyl (C=O) groups is 3. The van der Waals surface area contributed by atoms with E-state index in [1.165, 1.54) is 11.0 Å². The van der Waals surface area contributed by atoms with E-state index in [1.807, 2.05) is 0 Å². The first-order chi connectivity index (χ1) is 12.6. The first kappa shape index (κ1) is 16.4. The predicted octanol–water partition coefficient (Wildman–Crippen LogP) is 0.776. The zero-order valence-electron chi connectivity index (χ0n) is 14.0. The quantitative estimate of drug-likeness (QED) is 0.812. The fraction of sp³-hybridized carbons (Fsp3) is 0.412. The van der Waals surface area contributed by atoms with Crippen molar-refractivity contribution < 1.29 is 14.4 Å². The summed E-state index contributed by atoms with van der Waals surface area (Å²) in [6.45, 7) is -0.250. The highest BCUT2D eigenvalue weighted by atomic mass is 16.2. The van der Waals surface area contributed by atoms with E-state index in [1.54, 1.807) is 24.3 Å². The lowest BCUT2D eigenvalue weighted by atomic mass is 9.81. The Morgan fingerprint density at radius 1 is 1.15 bits per heavy atom. The van der Waals surface area contributed by atoms with Gasteiger partial charge < -0.3 is 5.32 Å². The molecule has 1 aromatic heterocycles. The van der Waals surface area contributed by atoms with Gasteiger partial charge in [0.2, 0.25) is 17.7 Å². The Kier molecular flexibility index (Phi) is 4.19. The van der Waals surface area contributed by atoms with Gasteiger partial charge in [-0.2, -0.15) is 0 Å². The maximum Gasteiger partial charge on any atom is 0.244 e.